The average Bonchev–Trinajstić information content (AvgIpc) is 2.45. The zero-order chi connectivity index (χ0) is 16.6. The van der Waals surface area contributed by atoms with E-state index in [1.54, 1.807) is 7.05 Å². The predicted octanol–water partition coefficient (Wildman–Crippen LogP) is 2.49. The van der Waals surface area contributed by atoms with Gasteiger partial charge < -0.3 is 10.6 Å². The van der Waals surface area contributed by atoms with Crippen LogP contribution < -0.4 is 10.6 Å². The molecule has 0 aliphatic rings. The van der Waals surface area contributed by atoms with Crippen LogP contribution in [0.5, 0.6) is 0 Å². The molecule has 132 valence electrons. The molecule has 8 heteroatoms. The van der Waals surface area contributed by atoms with Crippen LogP contribution in [0.2, 0.25) is 5.02 Å². The third-order valence-corrected chi connectivity index (χ3v) is 4.52. The Morgan fingerprint density at radius 3 is 2.57 bits per heavy atom. The minimum atomic E-state index is -2.93. The summed E-state index contributed by atoms with van der Waals surface area (Å²) in [5.41, 5.74) is 1.08. The molecule has 0 aliphatic heterocycles. The van der Waals surface area contributed by atoms with Gasteiger partial charge in [-0.05, 0) is 31.4 Å². The number of guanidine groups is 1. The number of halogens is 2. The van der Waals surface area contributed by atoms with Crippen molar-refractivity contribution >= 4 is 51.4 Å². The second kappa shape index (κ2) is 11.1. The van der Waals surface area contributed by atoms with Gasteiger partial charge in [0.25, 0.3) is 0 Å². The SMILES string of the molecule is CN=C(NCCc1ccccc1Cl)NC(C)CCS(C)(=O)=O.I. The molecule has 1 unspecified atom stereocenters. The van der Waals surface area contributed by atoms with Gasteiger partial charge in [-0.1, -0.05) is 29.8 Å². The van der Waals surface area contributed by atoms with Crippen LogP contribution in [0, 0.1) is 0 Å². The second-order valence-electron chi connectivity index (χ2n) is 5.30. The van der Waals surface area contributed by atoms with Gasteiger partial charge in [-0.25, -0.2) is 8.42 Å². The molecule has 1 atom stereocenters. The fraction of sp³-hybridized carbons (Fsp3) is 0.533. The van der Waals surface area contributed by atoms with Crippen molar-refractivity contribution in [1.29, 1.82) is 0 Å². The molecule has 0 aromatic heterocycles. The Balaban J connectivity index is 0.00000484. The van der Waals surface area contributed by atoms with Crippen molar-refractivity contribution in [3.8, 4) is 0 Å². The van der Waals surface area contributed by atoms with Crippen molar-refractivity contribution in [3.05, 3.63) is 34.9 Å². The van der Waals surface area contributed by atoms with Crippen molar-refractivity contribution in [1.82, 2.24) is 10.6 Å². The van der Waals surface area contributed by atoms with E-state index in [9.17, 15) is 8.42 Å². The third kappa shape index (κ3) is 10.0. The Hall–Kier alpha value is -0.540. The number of benzene rings is 1. The lowest BCUT2D eigenvalue weighted by molar-refractivity contribution is 0.581. The quantitative estimate of drug-likeness (QED) is 0.363. The second-order valence-corrected chi connectivity index (χ2v) is 7.97. The number of nitrogens with zero attached hydrogens (tertiary/aromatic N) is 1. The van der Waals surface area contributed by atoms with E-state index in [0.717, 1.165) is 17.0 Å². The lowest BCUT2D eigenvalue weighted by Crippen LogP contribution is -2.43. The van der Waals surface area contributed by atoms with Crippen LogP contribution in [-0.2, 0) is 16.3 Å². The number of aliphatic imine (C=N–C) groups is 1. The number of hydrogen-bond donors (Lipinski definition) is 2. The predicted molar refractivity (Wildman–Crippen MR) is 109 cm³/mol. The number of hydrogen-bond acceptors (Lipinski definition) is 3. The highest BCUT2D eigenvalue weighted by atomic mass is 127. The summed E-state index contributed by atoms with van der Waals surface area (Å²) in [6, 6.07) is 7.76. The molecule has 1 rings (SSSR count). The first kappa shape index (κ1) is 22.5. The zero-order valence-corrected chi connectivity index (χ0v) is 17.6. The molecule has 0 amide bonds. The Morgan fingerprint density at radius 1 is 1.35 bits per heavy atom. The van der Waals surface area contributed by atoms with E-state index in [0.29, 0.717) is 18.9 Å². The summed E-state index contributed by atoms with van der Waals surface area (Å²) in [6.45, 7) is 2.63. The van der Waals surface area contributed by atoms with E-state index in [2.05, 4.69) is 15.6 Å². The minimum absolute atomic E-state index is 0. The monoisotopic (exact) mass is 473 g/mol. The molecule has 0 fully saturated rings. The van der Waals surface area contributed by atoms with Crippen LogP contribution in [0.4, 0.5) is 0 Å². The van der Waals surface area contributed by atoms with E-state index in [1.807, 2.05) is 31.2 Å². The number of rotatable bonds is 7. The Labute approximate surface area is 161 Å². The molecule has 5 nitrogen and oxygen atoms in total. The van der Waals surface area contributed by atoms with Gasteiger partial charge in [-0.15, -0.1) is 24.0 Å². The fourth-order valence-electron chi connectivity index (χ4n) is 1.91. The highest BCUT2D eigenvalue weighted by molar-refractivity contribution is 14.0. The molecule has 0 radical (unpaired) electrons. The van der Waals surface area contributed by atoms with Crippen molar-refractivity contribution in [2.75, 3.05) is 25.6 Å². The molecule has 23 heavy (non-hydrogen) atoms. The van der Waals surface area contributed by atoms with Crippen LogP contribution in [0.1, 0.15) is 18.9 Å². The van der Waals surface area contributed by atoms with Gasteiger partial charge in [-0.2, -0.15) is 0 Å². The normalized spacial score (nSPS) is 13.1. The maximum absolute atomic E-state index is 11.2. The third-order valence-electron chi connectivity index (χ3n) is 3.17. The van der Waals surface area contributed by atoms with Gasteiger partial charge in [0.2, 0.25) is 0 Å². The maximum Gasteiger partial charge on any atom is 0.191 e. The maximum atomic E-state index is 11.2. The summed E-state index contributed by atoms with van der Waals surface area (Å²) < 4.78 is 22.3. The van der Waals surface area contributed by atoms with Gasteiger partial charge in [0.1, 0.15) is 9.84 Å². The molecule has 1 aromatic rings. The lowest BCUT2D eigenvalue weighted by atomic mass is 10.1. The van der Waals surface area contributed by atoms with Crippen molar-refractivity contribution in [3.63, 3.8) is 0 Å². The average molecular weight is 474 g/mol. The van der Waals surface area contributed by atoms with Crippen molar-refractivity contribution in [2.45, 2.75) is 25.8 Å². The Kier molecular flexibility index (Phi) is 10.8. The molecule has 0 spiro atoms. The first-order valence-electron chi connectivity index (χ1n) is 7.20. The van der Waals surface area contributed by atoms with Crippen LogP contribution in [0.25, 0.3) is 0 Å². The zero-order valence-electron chi connectivity index (χ0n) is 13.7. The summed E-state index contributed by atoms with van der Waals surface area (Å²) in [5.74, 6) is 0.825. The van der Waals surface area contributed by atoms with Crippen LogP contribution in [0.3, 0.4) is 0 Å². The lowest BCUT2D eigenvalue weighted by Gasteiger charge is -2.17. The molecule has 0 saturated carbocycles. The molecule has 2 N–H and O–H groups in total. The smallest absolute Gasteiger partial charge is 0.191 e. The number of sulfone groups is 1. The summed E-state index contributed by atoms with van der Waals surface area (Å²) in [6.07, 6.45) is 2.58. The van der Waals surface area contributed by atoms with E-state index in [4.69, 9.17) is 11.6 Å². The van der Waals surface area contributed by atoms with Crippen LogP contribution in [-0.4, -0.2) is 46.0 Å². The minimum Gasteiger partial charge on any atom is -0.356 e. The molecule has 0 saturated heterocycles. The Bertz CT molecular complexity index is 608. The number of nitrogens with one attached hydrogen (secondary N) is 2. The molecule has 1 aromatic carbocycles. The van der Waals surface area contributed by atoms with Crippen molar-refractivity contribution in [2.24, 2.45) is 4.99 Å². The van der Waals surface area contributed by atoms with Gasteiger partial charge in [0.05, 0.1) is 5.75 Å². The topological polar surface area (TPSA) is 70.6 Å². The van der Waals surface area contributed by atoms with Gasteiger partial charge in [0.15, 0.2) is 5.96 Å². The van der Waals surface area contributed by atoms with Gasteiger partial charge in [-0.3, -0.25) is 4.99 Å². The van der Waals surface area contributed by atoms with E-state index < -0.39 is 9.84 Å². The van der Waals surface area contributed by atoms with E-state index in [-0.39, 0.29) is 35.8 Å². The summed E-state index contributed by atoms with van der Waals surface area (Å²) in [5, 5.41) is 7.14. The first-order chi connectivity index (χ1) is 10.3. The molecule has 0 bridgehead atoms. The molecule has 0 aliphatic carbocycles. The molecule has 0 heterocycles. The van der Waals surface area contributed by atoms with E-state index >= 15 is 0 Å². The first-order valence-corrected chi connectivity index (χ1v) is 9.64. The molecular weight excluding hydrogens is 449 g/mol. The van der Waals surface area contributed by atoms with Gasteiger partial charge in [0, 0.05) is 30.9 Å². The Morgan fingerprint density at radius 2 is 2.00 bits per heavy atom. The van der Waals surface area contributed by atoms with Crippen LogP contribution in [0.15, 0.2) is 29.3 Å². The van der Waals surface area contributed by atoms with E-state index in [1.165, 1.54) is 6.26 Å². The van der Waals surface area contributed by atoms with Crippen LogP contribution >= 0.6 is 35.6 Å². The highest BCUT2D eigenvalue weighted by Gasteiger charge is 2.09. The summed E-state index contributed by atoms with van der Waals surface area (Å²) in [4.78, 5) is 4.14. The standard InChI is InChI=1S/C15H24ClN3O2S.HI/c1-12(9-11-22(3,20)21)19-15(17-2)18-10-8-13-6-4-5-7-14(13)16;/h4-7,12H,8-11H2,1-3H3,(H2,17,18,19);1H. The fourth-order valence-corrected chi connectivity index (χ4v) is 2.92. The summed E-state index contributed by atoms with van der Waals surface area (Å²) in [7, 11) is -1.25. The van der Waals surface area contributed by atoms with Gasteiger partial charge >= 0.3 is 0 Å². The molecular formula is C15H25ClIN3O2S. The highest BCUT2D eigenvalue weighted by Crippen LogP contribution is 2.14. The van der Waals surface area contributed by atoms with Crippen molar-refractivity contribution < 1.29 is 8.42 Å². The summed E-state index contributed by atoms with van der Waals surface area (Å²) >= 11 is 6.11. The largest absolute Gasteiger partial charge is 0.356 e.